The second-order valence-corrected chi connectivity index (χ2v) is 5.28. The molecule has 2 aromatic rings. The summed E-state index contributed by atoms with van der Waals surface area (Å²) in [5, 5.41) is 3.43. The molecule has 0 aliphatic heterocycles. The third kappa shape index (κ3) is 3.46. The molecular weight excluding hydrogens is 365 g/mol. The number of hydrogen-bond acceptors (Lipinski definition) is 2. The van der Waals surface area contributed by atoms with Crippen LogP contribution in [0.3, 0.4) is 0 Å². The molecule has 0 spiro atoms. The molecule has 0 saturated carbocycles. The zero-order valence-corrected chi connectivity index (χ0v) is 12.3. The highest BCUT2D eigenvalue weighted by molar-refractivity contribution is 14.1. The van der Waals surface area contributed by atoms with Crippen LogP contribution in [0.15, 0.2) is 30.7 Å². The predicted molar refractivity (Wildman–Crippen MR) is 78.8 cm³/mol. The first kappa shape index (κ1) is 13.4. The summed E-state index contributed by atoms with van der Waals surface area (Å²) in [6.45, 7) is 0.560. The Morgan fingerprint density at radius 3 is 3.00 bits per heavy atom. The highest BCUT2D eigenvalue weighted by atomic mass is 127. The van der Waals surface area contributed by atoms with E-state index >= 15 is 0 Å². The van der Waals surface area contributed by atoms with Gasteiger partial charge in [0.1, 0.15) is 0 Å². The Bertz CT molecular complexity index is 542. The van der Waals surface area contributed by atoms with E-state index in [0.29, 0.717) is 17.1 Å². The van der Waals surface area contributed by atoms with E-state index in [4.69, 9.17) is 11.6 Å². The number of nitrogens with one attached hydrogen (secondary N) is 2. The molecule has 1 amide bonds. The number of benzene rings is 1. The van der Waals surface area contributed by atoms with Crippen LogP contribution in [0.4, 0.5) is 0 Å². The number of amides is 1. The van der Waals surface area contributed by atoms with Gasteiger partial charge in [-0.1, -0.05) is 11.6 Å². The van der Waals surface area contributed by atoms with Crippen LogP contribution in [-0.4, -0.2) is 22.4 Å². The molecular formula is C12H11ClIN3O. The lowest BCUT2D eigenvalue weighted by Crippen LogP contribution is -2.25. The zero-order chi connectivity index (χ0) is 13.0. The van der Waals surface area contributed by atoms with E-state index in [1.165, 1.54) is 0 Å². The third-order valence-electron chi connectivity index (χ3n) is 2.42. The molecule has 1 aromatic heterocycles. The van der Waals surface area contributed by atoms with Crippen molar-refractivity contribution in [2.75, 3.05) is 6.54 Å². The highest BCUT2D eigenvalue weighted by Gasteiger charge is 2.07. The molecule has 1 heterocycles. The zero-order valence-electron chi connectivity index (χ0n) is 9.41. The maximum absolute atomic E-state index is 11.8. The Balaban J connectivity index is 1.89. The van der Waals surface area contributed by atoms with Crippen molar-refractivity contribution in [3.63, 3.8) is 0 Å². The van der Waals surface area contributed by atoms with E-state index in [2.05, 4.69) is 37.9 Å². The van der Waals surface area contributed by atoms with Gasteiger partial charge in [-0.25, -0.2) is 4.98 Å². The molecule has 0 aliphatic carbocycles. The summed E-state index contributed by atoms with van der Waals surface area (Å²) < 4.78 is 0.934. The van der Waals surface area contributed by atoms with Gasteiger partial charge in [0.05, 0.1) is 11.3 Å². The lowest BCUT2D eigenvalue weighted by atomic mass is 10.2. The summed E-state index contributed by atoms with van der Waals surface area (Å²) in [6, 6.07) is 5.26. The van der Waals surface area contributed by atoms with Crippen molar-refractivity contribution < 1.29 is 4.79 Å². The van der Waals surface area contributed by atoms with Crippen molar-refractivity contribution in [3.05, 3.63) is 50.6 Å². The Morgan fingerprint density at radius 2 is 2.33 bits per heavy atom. The van der Waals surface area contributed by atoms with Crippen LogP contribution in [0.25, 0.3) is 0 Å². The van der Waals surface area contributed by atoms with Gasteiger partial charge in [0.25, 0.3) is 5.91 Å². The second-order valence-electron chi connectivity index (χ2n) is 3.71. The normalized spacial score (nSPS) is 10.3. The van der Waals surface area contributed by atoms with Gasteiger partial charge in [-0.3, -0.25) is 4.79 Å². The minimum Gasteiger partial charge on any atom is -0.352 e. The monoisotopic (exact) mass is 375 g/mol. The third-order valence-corrected chi connectivity index (χ3v) is 3.99. The van der Waals surface area contributed by atoms with Gasteiger partial charge in [-0.05, 0) is 40.8 Å². The fraction of sp³-hybridized carbons (Fsp3) is 0.167. The molecule has 0 atom stereocenters. The lowest BCUT2D eigenvalue weighted by molar-refractivity contribution is 0.0954. The molecule has 94 valence electrons. The molecule has 0 aliphatic rings. The van der Waals surface area contributed by atoms with E-state index in [1.807, 2.05) is 6.07 Å². The Labute approximate surface area is 123 Å². The van der Waals surface area contributed by atoms with Crippen LogP contribution in [0.1, 0.15) is 16.1 Å². The Morgan fingerprint density at radius 1 is 1.50 bits per heavy atom. The molecule has 0 fully saturated rings. The summed E-state index contributed by atoms with van der Waals surface area (Å²) in [7, 11) is 0. The second kappa shape index (κ2) is 6.19. The summed E-state index contributed by atoms with van der Waals surface area (Å²) in [5.41, 5.74) is 1.57. The van der Waals surface area contributed by atoms with Crippen LogP contribution in [0.5, 0.6) is 0 Å². The van der Waals surface area contributed by atoms with E-state index in [0.717, 1.165) is 15.7 Å². The molecule has 2 rings (SSSR count). The molecule has 1 aromatic carbocycles. The van der Waals surface area contributed by atoms with Gasteiger partial charge in [-0.2, -0.15) is 0 Å². The van der Waals surface area contributed by atoms with Crippen molar-refractivity contribution in [2.45, 2.75) is 6.42 Å². The molecule has 6 heteroatoms. The number of halogens is 2. The number of imidazole rings is 1. The number of rotatable bonds is 4. The minimum atomic E-state index is -0.118. The molecule has 0 saturated heterocycles. The fourth-order valence-corrected chi connectivity index (χ4v) is 1.99. The van der Waals surface area contributed by atoms with Crippen molar-refractivity contribution >= 4 is 40.1 Å². The summed E-state index contributed by atoms with van der Waals surface area (Å²) >= 11 is 8.10. The average molecular weight is 376 g/mol. The number of hydrogen-bond donors (Lipinski definition) is 2. The standard InChI is InChI=1S/C12H11ClIN3O/c13-10-5-8(1-2-11(10)14)12(18)16-4-3-9-6-15-7-17-9/h1-2,5-7H,3-4H2,(H,15,17)(H,16,18). The maximum atomic E-state index is 11.8. The molecule has 18 heavy (non-hydrogen) atoms. The molecule has 4 nitrogen and oxygen atoms in total. The van der Waals surface area contributed by atoms with E-state index in [-0.39, 0.29) is 5.91 Å². The van der Waals surface area contributed by atoms with Gasteiger partial charge in [0.15, 0.2) is 0 Å². The van der Waals surface area contributed by atoms with Crippen LogP contribution < -0.4 is 5.32 Å². The smallest absolute Gasteiger partial charge is 0.251 e. The number of nitrogens with zero attached hydrogens (tertiary/aromatic N) is 1. The molecule has 0 radical (unpaired) electrons. The topological polar surface area (TPSA) is 57.8 Å². The number of aromatic amines is 1. The molecule has 0 unspecified atom stereocenters. The molecule has 2 N–H and O–H groups in total. The van der Waals surface area contributed by atoms with Gasteiger partial charge in [0, 0.05) is 34.0 Å². The number of carbonyl (C=O) groups excluding carboxylic acids is 1. The van der Waals surface area contributed by atoms with E-state index in [9.17, 15) is 4.79 Å². The van der Waals surface area contributed by atoms with Crippen molar-refractivity contribution in [3.8, 4) is 0 Å². The van der Waals surface area contributed by atoms with E-state index in [1.54, 1.807) is 24.7 Å². The highest BCUT2D eigenvalue weighted by Crippen LogP contribution is 2.19. The fourth-order valence-electron chi connectivity index (χ4n) is 1.47. The summed E-state index contributed by atoms with van der Waals surface area (Å²) in [4.78, 5) is 18.7. The number of aromatic nitrogens is 2. The molecule has 0 bridgehead atoms. The first-order valence-electron chi connectivity index (χ1n) is 5.37. The lowest BCUT2D eigenvalue weighted by Gasteiger charge is -2.05. The quantitative estimate of drug-likeness (QED) is 0.807. The van der Waals surface area contributed by atoms with Gasteiger partial charge in [-0.15, -0.1) is 0 Å². The van der Waals surface area contributed by atoms with Gasteiger partial charge < -0.3 is 10.3 Å². The van der Waals surface area contributed by atoms with Crippen molar-refractivity contribution in [1.82, 2.24) is 15.3 Å². The Hall–Kier alpha value is -1.08. The first-order valence-corrected chi connectivity index (χ1v) is 6.83. The predicted octanol–water partition coefficient (Wildman–Crippen LogP) is 2.64. The Kier molecular flexibility index (Phi) is 4.60. The average Bonchev–Trinajstić information content (AvgIpc) is 2.85. The maximum Gasteiger partial charge on any atom is 0.251 e. The van der Waals surface area contributed by atoms with Gasteiger partial charge >= 0.3 is 0 Å². The van der Waals surface area contributed by atoms with Crippen LogP contribution in [0.2, 0.25) is 5.02 Å². The number of H-pyrrole nitrogens is 1. The SMILES string of the molecule is O=C(NCCc1cnc[nH]1)c1ccc(I)c(Cl)c1. The van der Waals surface area contributed by atoms with Crippen LogP contribution in [-0.2, 0) is 6.42 Å². The van der Waals surface area contributed by atoms with E-state index < -0.39 is 0 Å². The largest absolute Gasteiger partial charge is 0.352 e. The van der Waals surface area contributed by atoms with Crippen molar-refractivity contribution in [1.29, 1.82) is 0 Å². The van der Waals surface area contributed by atoms with Crippen molar-refractivity contribution in [2.24, 2.45) is 0 Å². The number of carbonyl (C=O) groups is 1. The minimum absolute atomic E-state index is 0.118. The summed E-state index contributed by atoms with van der Waals surface area (Å²) in [6.07, 6.45) is 4.09. The van der Waals surface area contributed by atoms with Crippen LogP contribution >= 0.6 is 34.2 Å². The first-order chi connectivity index (χ1) is 8.66. The van der Waals surface area contributed by atoms with Gasteiger partial charge in [0.2, 0.25) is 0 Å². The summed E-state index contributed by atoms with van der Waals surface area (Å²) in [5.74, 6) is -0.118. The van der Waals surface area contributed by atoms with Crippen LogP contribution in [0, 0.1) is 3.57 Å².